The second-order valence-corrected chi connectivity index (χ2v) is 6.80. The summed E-state index contributed by atoms with van der Waals surface area (Å²) in [6, 6.07) is 15.2. The molecule has 0 fully saturated rings. The Balaban J connectivity index is 1.89. The Kier molecular flexibility index (Phi) is 4.06. The van der Waals surface area contributed by atoms with Crippen molar-refractivity contribution in [2.75, 3.05) is 0 Å². The van der Waals surface area contributed by atoms with Gasteiger partial charge in [-0.25, -0.2) is 9.37 Å². The molecule has 30 heavy (non-hydrogen) atoms. The fraction of sp³-hybridized carbons (Fsp3) is 0.0435. The Morgan fingerprint density at radius 3 is 2.47 bits per heavy atom. The Morgan fingerprint density at radius 1 is 0.867 bits per heavy atom. The molecule has 3 nitrogen and oxygen atoms in total. The average Bonchev–Trinajstić information content (AvgIpc) is 3.16. The number of benzene rings is 2. The normalized spacial score (nSPS) is 12.0. The highest BCUT2D eigenvalue weighted by Gasteiger charge is 2.35. The summed E-state index contributed by atoms with van der Waals surface area (Å²) in [7, 11) is 0. The van der Waals surface area contributed by atoms with E-state index in [2.05, 4.69) is 9.97 Å². The zero-order valence-corrected chi connectivity index (χ0v) is 15.4. The van der Waals surface area contributed by atoms with Crippen molar-refractivity contribution in [1.29, 1.82) is 0 Å². The molecule has 0 N–H and O–H groups in total. The molecule has 7 heteroatoms. The zero-order valence-electron chi connectivity index (χ0n) is 15.4. The zero-order chi connectivity index (χ0) is 20.9. The Labute approximate surface area is 168 Å². The van der Waals surface area contributed by atoms with Crippen molar-refractivity contribution >= 4 is 21.8 Å². The van der Waals surface area contributed by atoms with Crippen molar-refractivity contribution in [1.82, 2.24) is 14.5 Å². The predicted octanol–water partition coefficient (Wildman–Crippen LogP) is 6.40. The van der Waals surface area contributed by atoms with Gasteiger partial charge in [-0.3, -0.25) is 4.98 Å². The SMILES string of the molecule is Fc1c(-c2ccccc2C(F)(F)F)nc2ccccc2c1-n1ccc2cnccc21. The van der Waals surface area contributed by atoms with E-state index in [1.54, 1.807) is 59.6 Å². The minimum Gasteiger partial charge on any atom is -0.313 e. The lowest BCUT2D eigenvalue weighted by atomic mass is 10.0. The van der Waals surface area contributed by atoms with E-state index < -0.39 is 17.6 Å². The number of alkyl halides is 3. The van der Waals surface area contributed by atoms with Crippen LogP contribution in [0.5, 0.6) is 0 Å². The van der Waals surface area contributed by atoms with E-state index in [9.17, 15) is 13.2 Å². The molecule has 148 valence electrons. The van der Waals surface area contributed by atoms with Crippen molar-refractivity contribution in [2.45, 2.75) is 6.18 Å². The summed E-state index contributed by atoms with van der Waals surface area (Å²) in [4.78, 5) is 8.33. The van der Waals surface area contributed by atoms with Gasteiger partial charge in [0.1, 0.15) is 5.69 Å². The Morgan fingerprint density at radius 2 is 1.63 bits per heavy atom. The molecule has 3 aromatic heterocycles. The predicted molar refractivity (Wildman–Crippen MR) is 107 cm³/mol. The van der Waals surface area contributed by atoms with E-state index in [0.29, 0.717) is 16.4 Å². The van der Waals surface area contributed by atoms with Gasteiger partial charge in [-0.2, -0.15) is 13.2 Å². The molecule has 0 unspecified atom stereocenters. The van der Waals surface area contributed by atoms with Crippen LogP contribution < -0.4 is 0 Å². The van der Waals surface area contributed by atoms with Crippen LogP contribution in [0.2, 0.25) is 0 Å². The summed E-state index contributed by atoms with van der Waals surface area (Å²) in [6.07, 6.45) is 0.270. The highest BCUT2D eigenvalue weighted by atomic mass is 19.4. The van der Waals surface area contributed by atoms with Gasteiger partial charge in [0.05, 0.1) is 22.3 Å². The quantitative estimate of drug-likeness (QED) is 0.317. The summed E-state index contributed by atoms with van der Waals surface area (Å²) in [5.74, 6) is -0.820. The number of rotatable bonds is 2. The molecule has 2 aromatic carbocycles. The summed E-state index contributed by atoms with van der Waals surface area (Å²) in [5.41, 5.74) is -0.333. The molecule has 3 heterocycles. The summed E-state index contributed by atoms with van der Waals surface area (Å²) < 4.78 is 58.3. The molecule has 0 atom stereocenters. The third kappa shape index (κ3) is 2.82. The molecule has 0 aliphatic heterocycles. The molecule has 0 radical (unpaired) electrons. The van der Waals surface area contributed by atoms with Crippen LogP contribution in [0.1, 0.15) is 5.56 Å². The molecule has 0 aliphatic rings. The van der Waals surface area contributed by atoms with Crippen LogP contribution in [0.3, 0.4) is 0 Å². The molecular weight excluding hydrogens is 394 g/mol. The number of nitrogens with zero attached hydrogens (tertiary/aromatic N) is 3. The highest BCUT2D eigenvalue weighted by Crippen LogP contribution is 2.40. The van der Waals surface area contributed by atoms with Crippen LogP contribution in [0.25, 0.3) is 38.8 Å². The number of para-hydroxylation sites is 1. The van der Waals surface area contributed by atoms with Crippen molar-refractivity contribution < 1.29 is 17.6 Å². The number of fused-ring (bicyclic) bond motifs is 2. The molecule has 5 aromatic rings. The molecule has 0 spiro atoms. The lowest BCUT2D eigenvalue weighted by Gasteiger charge is -2.17. The maximum Gasteiger partial charge on any atom is 0.417 e. The number of hydrogen-bond acceptors (Lipinski definition) is 2. The maximum absolute atomic E-state index is 15.9. The van der Waals surface area contributed by atoms with Crippen LogP contribution in [0, 0.1) is 5.82 Å². The molecule has 5 rings (SSSR count). The largest absolute Gasteiger partial charge is 0.417 e. The van der Waals surface area contributed by atoms with Gasteiger partial charge in [-0.1, -0.05) is 36.4 Å². The summed E-state index contributed by atoms with van der Waals surface area (Å²) >= 11 is 0. The fourth-order valence-corrected chi connectivity index (χ4v) is 3.70. The van der Waals surface area contributed by atoms with E-state index >= 15 is 4.39 Å². The standard InChI is InChI=1S/C23H13F4N3/c24-20-21(15-5-1-3-7-17(15)23(25,26)27)29-18-8-4-2-6-16(18)22(20)30-12-10-14-13-28-11-9-19(14)30/h1-13H. The van der Waals surface area contributed by atoms with E-state index in [-0.39, 0.29) is 16.9 Å². The third-order valence-electron chi connectivity index (χ3n) is 5.03. The minimum absolute atomic E-state index is 0.147. The van der Waals surface area contributed by atoms with Gasteiger partial charge in [0.2, 0.25) is 0 Å². The first-order valence-electron chi connectivity index (χ1n) is 9.11. The number of halogens is 4. The lowest BCUT2D eigenvalue weighted by Crippen LogP contribution is -2.09. The molecule has 0 saturated carbocycles. The summed E-state index contributed by atoms with van der Waals surface area (Å²) in [5, 5.41) is 1.28. The number of aromatic nitrogens is 3. The number of hydrogen-bond donors (Lipinski definition) is 0. The van der Waals surface area contributed by atoms with Crippen molar-refractivity contribution in [2.24, 2.45) is 0 Å². The topological polar surface area (TPSA) is 30.7 Å². The van der Waals surface area contributed by atoms with Gasteiger partial charge in [0.25, 0.3) is 0 Å². The Hall–Kier alpha value is -3.74. The first-order valence-corrected chi connectivity index (χ1v) is 9.11. The maximum atomic E-state index is 15.9. The van der Waals surface area contributed by atoms with Crippen LogP contribution >= 0.6 is 0 Å². The lowest BCUT2D eigenvalue weighted by molar-refractivity contribution is -0.137. The van der Waals surface area contributed by atoms with E-state index in [4.69, 9.17) is 0 Å². The monoisotopic (exact) mass is 407 g/mol. The van der Waals surface area contributed by atoms with Crippen LogP contribution in [-0.2, 0) is 6.18 Å². The van der Waals surface area contributed by atoms with Crippen molar-refractivity contribution in [3.05, 3.63) is 90.6 Å². The van der Waals surface area contributed by atoms with E-state index in [1.165, 1.54) is 18.2 Å². The molecule has 0 bridgehead atoms. The summed E-state index contributed by atoms with van der Waals surface area (Å²) in [6.45, 7) is 0. The van der Waals surface area contributed by atoms with Crippen LogP contribution in [-0.4, -0.2) is 14.5 Å². The average molecular weight is 407 g/mol. The first kappa shape index (κ1) is 18.3. The van der Waals surface area contributed by atoms with Crippen LogP contribution in [0.4, 0.5) is 17.6 Å². The molecule has 0 aliphatic carbocycles. The van der Waals surface area contributed by atoms with Gasteiger partial charge < -0.3 is 4.57 Å². The molecule has 0 amide bonds. The van der Waals surface area contributed by atoms with Crippen molar-refractivity contribution in [3.63, 3.8) is 0 Å². The molecular formula is C23H13F4N3. The fourth-order valence-electron chi connectivity index (χ4n) is 3.70. The third-order valence-corrected chi connectivity index (χ3v) is 5.03. The highest BCUT2D eigenvalue weighted by molar-refractivity contribution is 5.93. The molecule has 0 saturated heterocycles. The van der Waals surface area contributed by atoms with Gasteiger partial charge in [0.15, 0.2) is 5.82 Å². The second-order valence-electron chi connectivity index (χ2n) is 6.80. The van der Waals surface area contributed by atoms with Gasteiger partial charge in [-0.05, 0) is 24.3 Å². The Bertz CT molecular complexity index is 1400. The second kappa shape index (κ2) is 6.66. The van der Waals surface area contributed by atoms with Crippen LogP contribution in [0.15, 0.2) is 79.3 Å². The first-order chi connectivity index (χ1) is 14.4. The van der Waals surface area contributed by atoms with Crippen molar-refractivity contribution in [3.8, 4) is 16.9 Å². The van der Waals surface area contributed by atoms with Gasteiger partial charge >= 0.3 is 6.18 Å². The van der Waals surface area contributed by atoms with Gasteiger partial charge in [-0.15, -0.1) is 0 Å². The smallest absolute Gasteiger partial charge is 0.313 e. The van der Waals surface area contributed by atoms with E-state index in [0.717, 1.165) is 11.5 Å². The number of pyridine rings is 2. The van der Waals surface area contributed by atoms with E-state index in [1.807, 2.05) is 0 Å². The minimum atomic E-state index is -4.64. The van der Waals surface area contributed by atoms with Gasteiger partial charge in [0, 0.05) is 34.9 Å².